The number of thiazole rings is 1. The van der Waals surface area contributed by atoms with Crippen LogP contribution in [0.1, 0.15) is 15.9 Å². The van der Waals surface area contributed by atoms with Crippen molar-refractivity contribution < 1.29 is 19.0 Å². The van der Waals surface area contributed by atoms with Gasteiger partial charge in [-0.3, -0.25) is 9.20 Å². The summed E-state index contributed by atoms with van der Waals surface area (Å²) >= 11 is 1.14. The lowest BCUT2D eigenvalue weighted by molar-refractivity contribution is 0.0697. The Labute approximate surface area is 168 Å². The topological polar surface area (TPSA) is 74.5 Å². The Bertz CT molecular complexity index is 1180. The predicted molar refractivity (Wildman–Crippen MR) is 107 cm³/mol. The van der Waals surface area contributed by atoms with Crippen LogP contribution in [-0.2, 0) is 6.61 Å². The van der Waals surface area contributed by atoms with Crippen LogP contribution in [0.2, 0.25) is 0 Å². The van der Waals surface area contributed by atoms with Crippen molar-refractivity contribution in [2.24, 2.45) is 0 Å². The molecule has 2 aliphatic heterocycles. The molecule has 148 valence electrons. The van der Waals surface area contributed by atoms with Crippen molar-refractivity contribution in [2.45, 2.75) is 6.61 Å². The number of carbonyl (C=O) groups is 1. The Balaban J connectivity index is 0.00000192. The molecule has 1 saturated heterocycles. The molecule has 3 aromatic rings. The van der Waals surface area contributed by atoms with Crippen LogP contribution < -0.4 is 15.1 Å². The minimum Gasteiger partial charge on any atom is -0.477 e. The zero-order valence-electron chi connectivity index (χ0n) is 14.9. The van der Waals surface area contributed by atoms with E-state index in [1.165, 1.54) is 6.07 Å². The number of aromatic carboxylic acids is 1. The van der Waals surface area contributed by atoms with E-state index in [4.69, 9.17) is 4.74 Å². The lowest BCUT2D eigenvalue weighted by Crippen LogP contribution is -2.45. The highest BCUT2D eigenvalue weighted by Crippen LogP contribution is 2.39. The minimum atomic E-state index is -1.32. The Morgan fingerprint density at radius 1 is 1.29 bits per heavy atom. The smallest absolute Gasteiger partial charge is 0.342 e. The SMILES string of the molecule is CN1CCN(c2c(F)cc3c(=O)c(C(=O)O)c4scc5n4c3c2CO5)CC1.Cl. The number of piperazine rings is 1. The lowest BCUT2D eigenvalue weighted by atomic mass is 10.0. The van der Waals surface area contributed by atoms with Crippen LogP contribution in [0.3, 0.4) is 0 Å². The summed E-state index contributed by atoms with van der Waals surface area (Å²) in [5.74, 6) is -1.36. The first-order valence-electron chi connectivity index (χ1n) is 8.58. The summed E-state index contributed by atoms with van der Waals surface area (Å²) in [6, 6.07) is 1.18. The van der Waals surface area contributed by atoms with Crippen LogP contribution in [0.15, 0.2) is 16.2 Å². The molecule has 0 radical (unpaired) electrons. The van der Waals surface area contributed by atoms with Gasteiger partial charge in [-0.05, 0) is 13.1 Å². The van der Waals surface area contributed by atoms with E-state index in [0.717, 1.165) is 24.4 Å². The maximum Gasteiger partial charge on any atom is 0.342 e. The summed E-state index contributed by atoms with van der Waals surface area (Å²) in [6.07, 6.45) is 0. The maximum atomic E-state index is 15.1. The summed E-state index contributed by atoms with van der Waals surface area (Å²) in [6.45, 7) is 3.12. The van der Waals surface area contributed by atoms with Crippen LogP contribution in [0.5, 0.6) is 5.88 Å². The van der Waals surface area contributed by atoms with Gasteiger partial charge in [0.15, 0.2) is 0 Å². The summed E-state index contributed by atoms with van der Waals surface area (Å²) in [7, 11) is 2.02. The average molecular weight is 426 g/mol. The summed E-state index contributed by atoms with van der Waals surface area (Å²) in [5.41, 5.74) is 0.603. The first-order chi connectivity index (χ1) is 13.0. The standard InChI is InChI=1S/C18H16FN3O4S.ClH/c1-20-2-4-21(5-3-20)15-10-7-26-12-8-27-17-13(18(24)25)16(23)9(6-11(15)19)14(10)22(12)17;/h6,8H,2-5,7H2,1H3,(H,24,25);1H. The van der Waals surface area contributed by atoms with Crippen molar-refractivity contribution in [3.8, 4) is 5.88 Å². The largest absolute Gasteiger partial charge is 0.477 e. The Morgan fingerprint density at radius 2 is 2.00 bits per heavy atom. The molecule has 5 rings (SSSR count). The number of carboxylic acids is 1. The fraction of sp³-hybridized carbons (Fsp3) is 0.333. The first-order valence-corrected chi connectivity index (χ1v) is 9.46. The van der Waals surface area contributed by atoms with Crippen LogP contribution >= 0.6 is 23.7 Å². The number of carboxylic acid groups (broad SMARTS) is 1. The Morgan fingerprint density at radius 3 is 2.68 bits per heavy atom. The molecule has 0 bridgehead atoms. The third-order valence-electron chi connectivity index (χ3n) is 5.33. The second-order valence-electron chi connectivity index (χ2n) is 6.88. The second-order valence-corrected chi connectivity index (χ2v) is 7.74. The zero-order chi connectivity index (χ0) is 18.9. The number of likely N-dealkylation sites (N-methyl/N-ethyl adjacent to an activating group) is 1. The van der Waals surface area contributed by atoms with Gasteiger partial charge in [-0.1, -0.05) is 0 Å². The van der Waals surface area contributed by atoms with Crippen LogP contribution in [-0.4, -0.2) is 53.6 Å². The number of aromatic nitrogens is 1. The van der Waals surface area contributed by atoms with Crippen molar-refractivity contribution in [3.63, 3.8) is 0 Å². The molecular weight excluding hydrogens is 409 g/mol. The Hall–Kier alpha value is -2.36. The molecule has 1 fully saturated rings. The third-order valence-corrected chi connectivity index (χ3v) is 6.26. The number of ether oxygens (including phenoxy) is 1. The number of anilines is 1. The molecule has 7 nitrogen and oxygen atoms in total. The van der Waals surface area contributed by atoms with E-state index in [0.29, 0.717) is 40.6 Å². The van der Waals surface area contributed by atoms with Crippen molar-refractivity contribution >= 4 is 51.1 Å². The quantitative estimate of drug-likeness (QED) is 0.679. The van der Waals surface area contributed by atoms with E-state index in [2.05, 4.69) is 4.90 Å². The molecule has 1 N–H and O–H groups in total. The van der Waals surface area contributed by atoms with Gasteiger partial charge in [0, 0.05) is 31.7 Å². The molecule has 0 saturated carbocycles. The van der Waals surface area contributed by atoms with Crippen molar-refractivity contribution in [1.29, 1.82) is 0 Å². The van der Waals surface area contributed by atoms with Gasteiger partial charge in [-0.25, -0.2) is 9.18 Å². The number of hydrogen-bond acceptors (Lipinski definition) is 6. The molecule has 4 heterocycles. The number of pyridine rings is 1. The second kappa shape index (κ2) is 6.61. The lowest BCUT2D eigenvalue weighted by Gasteiger charge is -2.36. The summed E-state index contributed by atoms with van der Waals surface area (Å²) in [5, 5.41) is 11.3. The fourth-order valence-electron chi connectivity index (χ4n) is 3.98. The van der Waals surface area contributed by atoms with Gasteiger partial charge in [-0.2, -0.15) is 0 Å². The molecule has 2 aliphatic rings. The molecule has 1 aromatic carbocycles. The van der Waals surface area contributed by atoms with Gasteiger partial charge in [0.1, 0.15) is 22.8 Å². The van der Waals surface area contributed by atoms with E-state index in [-0.39, 0.29) is 30.0 Å². The van der Waals surface area contributed by atoms with E-state index >= 15 is 4.39 Å². The van der Waals surface area contributed by atoms with Gasteiger partial charge in [0.25, 0.3) is 0 Å². The van der Waals surface area contributed by atoms with Crippen LogP contribution in [0.4, 0.5) is 10.1 Å². The molecule has 28 heavy (non-hydrogen) atoms. The van der Waals surface area contributed by atoms with E-state index in [1.54, 1.807) is 9.78 Å². The van der Waals surface area contributed by atoms with Crippen LogP contribution in [0.25, 0.3) is 15.7 Å². The monoisotopic (exact) mass is 425 g/mol. The third kappa shape index (κ3) is 2.50. The van der Waals surface area contributed by atoms with E-state index in [9.17, 15) is 14.7 Å². The number of halogens is 2. The zero-order valence-corrected chi connectivity index (χ0v) is 16.5. The van der Waals surface area contributed by atoms with E-state index < -0.39 is 17.2 Å². The molecule has 0 amide bonds. The molecule has 0 spiro atoms. The minimum absolute atomic E-state index is 0. The number of nitrogens with zero attached hydrogens (tertiary/aromatic N) is 3. The Kier molecular flexibility index (Phi) is 4.48. The molecular formula is C18H17ClFN3O4S. The van der Waals surface area contributed by atoms with Crippen molar-refractivity contribution in [2.75, 3.05) is 38.1 Å². The first kappa shape index (κ1) is 19.0. The fourth-order valence-corrected chi connectivity index (χ4v) is 4.95. The highest BCUT2D eigenvalue weighted by atomic mass is 35.5. The number of benzene rings is 1. The predicted octanol–water partition coefficient (Wildman–Crippen LogP) is 2.42. The van der Waals surface area contributed by atoms with Gasteiger partial charge in [0.2, 0.25) is 11.3 Å². The summed E-state index contributed by atoms with van der Waals surface area (Å²) in [4.78, 5) is 29.0. The van der Waals surface area contributed by atoms with Crippen molar-refractivity contribution in [1.82, 2.24) is 9.30 Å². The van der Waals surface area contributed by atoms with Crippen molar-refractivity contribution in [3.05, 3.63) is 38.6 Å². The van der Waals surface area contributed by atoms with E-state index in [1.807, 2.05) is 11.9 Å². The van der Waals surface area contributed by atoms with Gasteiger partial charge in [-0.15, -0.1) is 23.7 Å². The molecule has 0 unspecified atom stereocenters. The molecule has 0 atom stereocenters. The number of rotatable bonds is 2. The molecule has 10 heteroatoms. The van der Waals surface area contributed by atoms with Crippen LogP contribution in [0, 0.1) is 5.82 Å². The molecule has 0 aliphatic carbocycles. The highest BCUT2D eigenvalue weighted by Gasteiger charge is 2.31. The molecule has 2 aromatic heterocycles. The average Bonchev–Trinajstić information content (AvgIpc) is 3.06. The highest BCUT2D eigenvalue weighted by molar-refractivity contribution is 7.16. The van der Waals surface area contributed by atoms with Gasteiger partial charge >= 0.3 is 5.97 Å². The summed E-state index contributed by atoms with van der Waals surface area (Å²) < 4.78 is 22.5. The van der Waals surface area contributed by atoms with Gasteiger partial charge < -0.3 is 19.6 Å². The number of hydrogen-bond donors (Lipinski definition) is 1. The maximum absolute atomic E-state index is 15.1. The van der Waals surface area contributed by atoms with Gasteiger partial charge in [0.05, 0.1) is 22.0 Å². The normalized spacial score (nSPS) is 16.4.